The number of benzene rings is 2. The maximum atomic E-state index is 13.6. The van der Waals surface area contributed by atoms with E-state index in [1.54, 1.807) is 10.6 Å². The number of H-pyrrole nitrogens is 1. The first-order valence-electron chi connectivity index (χ1n) is 5.63. The van der Waals surface area contributed by atoms with E-state index in [-0.39, 0.29) is 5.02 Å². The number of fused-ring (bicyclic) bond motifs is 1. The first kappa shape index (κ1) is 15.1. The second-order valence-corrected chi connectivity index (χ2v) is 6.77. The Labute approximate surface area is 145 Å². The van der Waals surface area contributed by atoms with Crippen LogP contribution < -0.4 is 0 Å². The lowest BCUT2D eigenvalue weighted by Crippen LogP contribution is -1.98. The van der Waals surface area contributed by atoms with Crippen LogP contribution in [0.5, 0.6) is 0 Å². The van der Waals surface area contributed by atoms with Crippen LogP contribution in [0.2, 0.25) is 5.02 Å². The van der Waals surface area contributed by atoms with Crippen LogP contribution >= 0.6 is 55.7 Å². The van der Waals surface area contributed by atoms with Gasteiger partial charge in [0.1, 0.15) is 11.6 Å². The molecule has 0 aliphatic heterocycles. The van der Waals surface area contributed by atoms with E-state index in [1.165, 1.54) is 18.2 Å². The van der Waals surface area contributed by atoms with Crippen molar-refractivity contribution in [3.05, 3.63) is 54.6 Å². The Morgan fingerprint density at radius 3 is 2.48 bits per heavy atom. The zero-order valence-corrected chi connectivity index (χ0v) is 14.8. The Morgan fingerprint density at radius 1 is 1.10 bits per heavy atom. The van der Waals surface area contributed by atoms with Gasteiger partial charge in [-0.05, 0) is 62.3 Å². The van der Waals surface area contributed by atoms with Crippen molar-refractivity contribution in [2.45, 2.75) is 0 Å². The molecule has 3 aromatic rings. The number of hydrogen-bond donors (Lipinski definition) is 1. The second-order valence-electron chi connectivity index (χ2n) is 4.27. The van der Waals surface area contributed by atoms with Crippen molar-refractivity contribution >= 4 is 66.7 Å². The van der Waals surface area contributed by atoms with E-state index in [2.05, 4.69) is 36.8 Å². The summed E-state index contributed by atoms with van der Waals surface area (Å²) in [5, 5.41) is 0.194. The highest BCUT2D eigenvalue weighted by atomic mass is 79.9. The standard InChI is InChI=1S/C13H5Br2ClF2N2S/c14-6-3-11-10(4-9(6)18)19-13(21)20(11)12-7(15)1-5(17)2-8(12)16/h1-4H,(H,19,21). The molecule has 21 heavy (non-hydrogen) atoms. The molecule has 0 saturated carbocycles. The first-order valence-corrected chi connectivity index (χ1v) is 8.00. The van der Waals surface area contributed by atoms with Crippen molar-refractivity contribution in [2.24, 2.45) is 0 Å². The fourth-order valence-corrected chi connectivity index (χ4v) is 3.72. The quantitative estimate of drug-likeness (QED) is 0.438. The second kappa shape index (κ2) is 5.46. The molecule has 0 amide bonds. The van der Waals surface area contributed by atoms with Gasteiger partial charge in [-0.2, -0.15) is 0 Å². The van der Waals surface area contributed by atoms with E-state index < -0.39 is 11.6 Å². The minimum absolute atomic E-state index is 0.194. The molecule has 3 rings (SSSR count). The minimum Gasteiger partial charge on any atom is -0.330 e. The molecule has 0 aliphatic rings. The lowest BCUT2D eigenvalue weighted by molar-refractivity contribution is 0.623. The van der Waals surface area contributed by atoms with E-state index in [9.17, 15) is 8.78 Å². The predicted molar refractivity (Wildman–Crippen MR) is 88.8 cm³/mol. The molecule has 1 N–H and O–H groups in total. The molecule has 108 valence electrons. The van der Waals surface area contributed by atoms with Crippen LogP contribution in [0.1, 0.15) is 0 Å². The van der Waals surface area contributed by atoms with Crippen LogP contribution in [-0.4, -0.2) is 9.55 Å². The molecule has 0 atom stereocenters. The van der Waals surface area contributed by atoms with Gasteiger partial charge in [-0.15, -0.1) is 0 Å². The van der Waals surface area contributed by atoms with Gasteiger partial charge in [-0.1, -0.05) is 11.6 Å². The molecule has 2 aromatic carbocycles. The number of rotatable bonds is 1. The molecule has 0 bridgehead atoms. The highest BCUT2D eigenvalue weighted by molar-refractivity contribution is 9.10. The summed E-state index contributed by atoms with van der Waals surface area (Å²) in [6, 6.07) is 5.40. The smallest absolute Gasteiger partial charge is 0.182 e. The summed E-state index contributed by atoms with van der Waals surface area (Å²) in [6.45, 7) is 0. The average molecular weight is 455 g/mol. The van der Waals surface area contributed by atoms with E-state index >= 15 is 0 Å². The van der Waals surface area contributed by atoms with Gasteiger partial charge in [0.15, 0.2) is 4.77 Å². The number of hydrogen-bond acceptors (Lipinski definition) is 1. The van der Waals surface area contributed by atoms with Crippen LogP contribution in [-0.2, 0) is 0 Å². The van der Waals surface area contributed by atoms with Gasteiger partial charge in [0.25, 0.3) is 0 Å². The van der Waals surface area contributed by atoms with Crippen LogP contribution in [0, 0.1) is 16.4 Å². The molecule has 2 nitrogen and oxygen atoms in total. The van der Waals surface area contributed by atoms with Gasteiger partial charge in [0.2, 0.25) is 0 Å². The lowest BCUT2D eigenvalue weighted by atomic mass is 10.2. The topological polar surface area (TPSA) is 20.7 Å². The average Bonchev–Trinajstić information content (AvgIpc) is 2.66. The van der Waals surface area contributed by atoms with Crippen LogP contribution in [0.3, 0.4) is 0 Å². The van der Waals surface area contributed by atoms with E-state index in [1.807, 2.05) is 0 Å². The maximum Gasteiger partial charge on any atom is 0.182 e. The Balaban J connectivity index is 2.44. The van der Waals surface area contributed by atoms with Crippen LogP contribution in [0.4, 0.5) is 8.78 Å². The third kappa shape index (κ3) is 2.56. The summed E-state index contributed by atoms with van der Waals surface area (Å²) in [7, 11) is 0. The Hall–Kier alpha value is -0.760. The number of aromatic amines is 1. The number of halogens is 5. The molecule has 8 heteroatoms. The fourth-order valence-electron chi connectivity index (χ4n) is 2.07. The molecule has 0 radical (unpaired) electrons. The van der Waals surface area contributed by atoms with Crippen molar-refractivity contribution in [3.8, 4) is 5.69 Å². The molecule has 0 spiro atoms. The molecule has 0 fully saturated rings. The SMILES string of the molecule is Fc1cc(Cl)c(-n2c(=S)[nH]c3cc(F)c(Br)cc32)c(Br)c1. The Bertz CT molecular complexity index is 913. The highest BCUT2D eigenvalue weighted by Gasteiger charge is 2.16. The predicted octanol–water partition coefficient (Wildman–Crippen LogP) is 6.14. The molecular formula is C13H5Br2ClF2N2S. The van der Waals surface area contributed by atoms with Crippen molar-refractivity contribution in [3.63, 3.8) is 0 Å². The monoisotopic (exact) mass is 452 g/mol. The molecule has 1 heterocycles. The van der Waals surface area contributed by atoms with Gasteiger partial charge in [0.05, 0.1) is 26.2 Å². The van der Waals surface area contributed by atoms with Gasteiger partial charge in [-0.3, -0.25) is 4.57 Å². The van der Waals surface area contributed by atoms with E-state index in [4.69, 9.17) is 23.8 Å². The van der Waals surface area contributed by atoms with Crippen molar-refractivity contribution < 1.29 is 8.78 Å². The number of imidazole rings is 1. The summed E-state index contributed by atoms with van der Waals surface area (Å²) < 4.78 is 29.7. The Morgan fingerprint density at radius 2 is 1.81 bits per heavy atom. The summed E-state index contributed by atoms with van der Waals surface area (Å²) in [5.74, 6) is -0.871. The van der Waals surface area contributed by atoms with Gasteiger partial charge in [0, 0.05) is 10.5 Å². The molecule has 0 saturated heterocycles. The Kier molecular flexibility index (Phi) is 3.94. The van der Waals surface area contributed by atoms with Crippen LogP contribution in [0.15, 0.2) is 33.2 Å². The lowest BCUT2D eigenvalue weighted by Gasteiger charge is -2.10. The van der Waals surface area contributed by atoms with Gasteiger partial charge < -0.3 is 4.98 Å². The largest absolute Gasteiger partial charge is 0.330 e. The molecular weight excluding hydrogens is 449 g/mol. The van der Waals surface area contributed by atoms with Crippen molar-refractivity contribution in [1.29, 1.82) is 0 Å². The van der Waals surface area contributed by atoms with Crippen molar-refractivity contribution in [1.82, 2.24) is 9.55 Å². The van der Waals surface area contributed by atoms with E-state index in [0.29, 0.717) is 30.4 Å². The fraction of sp³-hybridized carbons (Fsp3) is 0. The summed E-state index contributed by atoms with van der Waals surface area (Å²) >= 11 is 17.8. The van der Waals surface area contributed by atoms with E-state index in [0.717, 1.165) is 0 Å². The first-order chi connectivity index (χ1) is 9.88. The zero-order chi connectivity index (χ0) is 15.3. The normalized spacial score (nSPS) is 11.3. The van der Waals surface area contributed by atoms with Crippen LogP contribution in [0.25, 0.3) is 16.7 Å². The molecule has 0 aliphatic carbocycles. The van der Waals surface area contributed by atoms with Gasteiger partial charge in [-0.25, -0.2) is 8.78 Å². The number of nitrogens with one attached hydrogen (secondary N) is 1. The molecule has 0 unspecified atom stereocenters. The van der Waals surface area contributed by atoms with Gasteiger partial charge >= 0.3 is 0 Å². The third-order valence-corrected chi connectivity index (χ3v) is 4.71. The van der Waals surface area contributed by atoms with Crippen molar-refractivity contribution in [2.75, 3.05) is 0 Å². The summed E-state index contributed by atoms with van der Waals surface area (Å²) in [4.78, 5) is 2.91. The summed E-state index contributed by atoms with van der Waals surface area (Å²) in [5.41, 5.74) is 1.64. The third-order valence-electron chi connectivity index (χ3n) is 2.93. The maximum absolute atomic E-state index is 13.6. The minimum atomic E-state index is -0.464. The number of nitrogens with zero attached hydrogens (tertiary/aromatic N) is 1. The molecule has 1 aromatic heterocycles. The highest BCUT2D eigenvalue weighted by Crippen LogP contribution is 2.34. The number of aromatic nitrogens is 2. The zero-order valence-electron chi connectivity index (χ0n) is 10.1. The summed E-state index contributed by atoms with van der Waals surface area (Å²) in [6.07, 6.45) is 0.